The van der Waals surface area contributed by atoms with Gasteiger partial charge in [-0.05, 0) is 6.07 Å². The predicted molar refractivity (Wildman–Crippen MR) is 75.1 cm³/mol. The van der Waals surface area contributed by atoms with Crippen molar-refractivity contribution in [3.63, 3.8) is 0 Å². The lowest BCUT2D eigenvalue weighted by Gasteiger charge is -2.12. The Morgan fingerprint density at radius 1 is 1.18 bits per heavy atom. The van der Waals surface area contributed by atoms with Gasteiger partial charge in [0.2, 0.25) is 5.76 Å². The smallest absolute Gasteiger partial charge is 0.374 e. The molecule has 1 aromatic heterocycles. The number of sulfone groups is 1. The van der Waals surface area contributed by atoms with E-state index in [1.54, 1.807) is 0 Å². The normalized spacial score (nSPS) is 11.2. The molecule has 9 heteroatoms. The van der Waals surface area contributed by atoms with Crippen LogP contribution in [-0.2, 0) is 9.84 Å². The lowest BCUT2D eigenvalue weighted by atomic mass is 10.1. The van der Waals surface area contributed by atoms with Gasteiger partial charge in [-0.3, -0.25) is 0 Å². The van der Waals surface area contributed by atoms with Crippen molar-refractivity contribution in [3.05, 3.63) is 24.0 Å². The van der Waals surface area contributed by atoms with Crippen LogP contribution in [0, 0.1) is 0 Å². The molecule has 0 saturated heterocycles. The second-order valence-corrected chi connectivity index (χ2v) is 6.34. The van der Waals surface area contributed by atoms with E-state index in [1.807, 2.05) is 0 Å². The van der Waals surface area contributed by atoms with Crippen molar-refractivity contribution < 1.29 is 32.3 Å². The third kappa shape index (κ3) is 2.89. The van der Waals surface area contributed by atoms with Crippen molar-refractivity contribution in [2.75, 3.05) is 20.5 Å². The van der Waals surface area contributed by atoms with Crippen LogP contribution in [0.25, 0.3) is 11.3 Å². The Balaban J connectivity index is 2.67. The van der Waals surface area contributed by atoms with Crippen LogP contribution >= 0.6 is 0 Å². The number of hydrogen-bond acceptors (Lipinski definition) is 7. The lowest BCUT2D eigenvalue weighted by Crippen LogP contribution is -2.02. The van der Waals surface area contributed by atoms with Gasteiger partial charge in [0, 0.05) is 24.0 Å². The third-order valence-corrected chi connectivity index (χ3v) is 4.00. The molecule has 0 amide bonds. The molecule has 1 aromatic carbocycles. The van der Waals surface area contributed by atoms with Gasteiger partial charge in [-0.1, -0.05) is 5.16 Å². The summed E-state index contributed by atoms with van der Waals surface area (Å²) >= 11 is 0. The van der Waals surface area contributed by atoms with Crippen LogP contribution in [-0.4, -0.2) is 45.1 Å². The molecular weight excluding hydrogens is 314 g/mol. The number of nitrogens with zero attached hydrogens (tertiary/aromatic N) is 1. The molecule has 0 radical (unpaired) electrons. The molecule has 0 fully saturated rings. The zero-order valence-electron chi connectivity index (χ0n) is 12.0. The first kappa shape index (κ1) is 15.8. The maximum Gasteiger partial charge on any atom is 0.374 e. The highest BCUT2D eigenvalue weighted by molar-refractivity contribution is 7.90. The lowest BCUT2D eigenvalue weighted by molar-refractivity contribution is 0.0652. The summed E-state index contributed by atoms with van der Waals surface area (Å²) in [6.45, 7) is 0. The number of aromatic nitrogens is 1. The van der Waals surface area contributed by atoms with Crippen molar-refractivity contribution in [1.82, 2.24) is 5.16 Å². The average Bonchev–Trinajstić information content (AvgIpc) is 2.94. The van der Waals surface area contributed by atoms with Gasteiger partial charge in [0.1, 0.15) is 22.1 Å². The van der Waals surface area contributed by atoms with Gasteiger partial charge in [-0.2, -0.15) is 0 Å². The maximum atomic E-state index is 11.8. The second-order valence-electron chi connectivity index (χ2n) is 4.36. The van der Waals surface area contributed by atoms with Gasteiger partial charge in [-0.25, -0.2) is 13.2 Å². The van der Waals surface area contributed by atoms with Crippen LogP contribution in [0.4, 0.5) is 0 Å². The molecule has 22 heavy (non-hydrogen) atoms. The van der Waals surface area contributed by atoms with Crippen LogP contribution in [0.5, 0.6) is 11.5 Å². The second kappa shape index (κ2) is 5.68. The van der Waals surface area contributed by atoms with Gasteiger partial charge in [0.25, 0.3) is 0 Å². The van der Waals surface area contributed by atoms with Crippen LogP contribution in [0.2, 0.25) is 0 Å². The number of hydrogen-bond donors (Lipinski definition) is 1. The summed E-state index contributed by atoms with van der Waals surface area (Å²) in [7, 11) is -0.846. The third-order valence-electron chi connectivity index (χ3n) is 2.88. The quantitative estimate of drug-likeness (QED) is 0.877. The van der Waals surface area contributed by atoms with Crippen molar-refractivity contribution >= 4 is 15.8 Å². The Kier molecular flexibility index (Phi) is 4.09. The Hall–Kier alpha value is -2.55. The fourth-order valence-electron chi connectivity index (χ4n) is 1.86. The molecule has 118 valence electrons. The Labute approximate surface area is 126 Å². The van der Waals surface area contributed by atoms with Crippen LogP contribution in [0.3, 0.4) is 0 Å². The van der Waals surface area contributed by atoms with Crippen LogP contribution in [0.15, 0.2) is 27.6 Å². The molecule has 0 spiro atoms. The molecule has 2 rings (SSSR count). The molecule has 0 bridgehead atoms. The number of carbonyl (C=O) groups is 1. The number of carboxylic acid groups (broad SMARTS) is 1. The number of carboxylic acids is 1. The molecule has 0 saturated carbocycles. The zero-order valence-corrected chi connectivity index (χ0v) is 12.8. The molecule has 0 unspecified atom stereocenters. The van der Waals surface area contributed by atoms with E-state index in [-0.39, 0.29) is 27.8 Å². The number of rotatable bonds is 5. The minimum Gasteiger partial charge on any atom is -0.496 e. The van der Waals surface area contributed by atoms with E-state index in [0.29, 0.717) is 5.56 Å². The highest BCUT2D eigenvalue weighted by atomic mass is 32.2. The standard InChI is InChI=1S/C13H13NO7S/c1-19-9-6-12(22(3,17)18)10(20-2)4-7(9)8-5-11(13(15)16)21-14-8/h4-6H,1-3H3,(H,15,16). The minimum atomic E-state index is -3.53. The molecule has 0 aliphatic rings. The van der Waals surface area contributed by atoms with E-state index in [4.69, 9.17) is 14.6 Å². The van der Waals surface area contributed by atoms with E-state index in [9.17, 15) is 13.2 Å². The monoisotopic (exact) mass is 327 g/mol. The predicted octanol–water partition coefficient (Wildman–Crippen LogP) is 1.46. The van der Waals surface area contributed by atoms with E-state index >= 15 is 0 Å². The Bertz CT molecular complexity index is 823. The molecule has 0 aliphatic heterocycles. The first-order chi connectivity index (χ1) is 10.3. The van der Waals surface area contributed by atoms with Crippen molar-refractivity contribution in [1.29, 1.82) is 0 Å². The molecule has 0 aliphatic carbocycles. The van der Waals surface area contributed by atoms with Gasteiger partial charge in [0.05, 0.1) is 14.2 Å². The van der Waals surface area contributed by atoms with E-state index in [0.717, 1.165) is 6.26 Å². The first-order valence-electron chi connectivity index (χ1n) is 5.94. The zero-order chi connectivity index (χ0) is 16.5. The SMILES string of the molecule is COc1cc(S(C)(=O)=O)c(OC)cc1-c1cc(C(=O)O)on1. The van der Waals surface area contributed by atoms with Gasteiger partial charge in [-0.15, -0.1) is 0 Å². The van der Waals surface area contributed by atoms with Crippen molar-refractivity contribution in [3.8, 4) is 22.8 Å². The fourth-order valence-corrected chi connectivity index (χ4v) is 2.69. The van der Waals surface area contributed by atoms with Gasteiger partial charge in [0.15, 0.2) is 9.84 Å². The van der Waals surface area contributed by atoms with E-state index < -0.39 is 15.8 Å². The summed E-state index contributed by atoms with van der Waals surface area (Å²) in [5.74, 6) is -1.31. The first-order valence-corrected chi connectivity index (χ1v) is 7.83. The van der Waals surface area contributed by atoms with Crippen LogP contribution < -0.4 is 9.47 Å². The largest absolute Gasteiger partial charge is 0.496 e. The number of aromatic carboxylic acids is 1. The average molecular weight is 327 g/mol. The highest BCUT2D eigenvalue weighted by Crippen LogP contribution is 2.37. The van der Waals surface area contributed by atoms with Crippen molar-refractivity contribution in [2.45, 2.75) is 4.90 Å². The molecular formula is C13H13NO7S. The summed E-state index contributed by atoms with van der Waals surface area (Å²) in [4.78, 5) is 10.8. The minimum absolute atomic E-state index is 0.0439. The summed E-state index contributed by atoms with van der Waals surface area (Å²) in [5.41, 5.74) is 0.538. The van der Waals surface area contributed by atoms with Crippen molar-refractivity contribution in [2.24, 2.45) is 0 Å². The topological polar surface area (TPSA) is 116 Å². The molecule has 8 nitrogen and oxygen atoms in total. The molecule has 1 heterocycles. The van der Waals surface area contributed by atoms with Gasteiger partial charge >= 0.3 is 5.97 Å². The number of benzene rings is 1. The van der Waals surface area contributed by atoms with E-state index in [1.165, 1.54) is 32.4 Å². The Morgan fingerprint density at radius 2 is 1.82 bits per heavy atom. The Morgan fingerprint density at radius 3 is 2.27 bits per heavy atom. The van der Waals surface area contributed by atoms with Crippen LogP contribution in [0.1, 0.15) is 10.6 Å². The summed E-state index contributed by atoms with van der Waals surface area (Å²) in [5, 5.41) is 12.5. The number of methoxy groups -OCH3 is 2. The maximum absolute atomic E-state index is 11.8. The van der Waals surface area contributed by atoms with E-state index in [2.05, 4.69) is 9.68 Å². The van der Waals surface area contributed by atoms with Gasteiger partial charge < -0.3 is 19.1 Å². The molecule has 0 atom stereocenters. The molecule has 2 aromatic rings. The molecule has 1 N–H and O–H groups in total. The summed E-state index contributed by atoms with van der Waals surface area (Å²) < 4.78 is 38.5. The highest BCUT2D eigenvalue weighted by Gasteiger charge is 2.22. The summed E-state index contributed by atoms with van der Waals surface area (Å²) in [6, 6.07) is 3.90. The fraction of sp³-hybridized carbons (Fsp3) is 0.231. The summed E-state index contributed by atoms with van der Waals surface area (Å²) in [6.07, 6.45) is 1.04. The number of ether oxygens (including phenoxy) is 2.